The fourth-order valence-electron chi connectivity index (χ4n) is 1.69. The number of phenolic OH excluding ortho intramolecular Hbond substituents is 1. The summed E-state index contributed by atoms with van der Waals surface area (Å²) in [6, 6.07) is 5.56. The molecule has 1 unspecified atom stereocenters. The second-order valence-corrected chi connectivity index (χ2v) is 4.71. The highest BCUT2D eigenvalue weighted by atomic mass is 16.6. The van der Waals surface area contributed by atoms with Gasteiger partial charge in [0.25, 0.3) is 0 Å². The van der Waals surface area contributed by atoms with Crippen LogP contribution in [0, 0.1) is 0 Å². The standard InChI is InChI=1S/C17H20O7/c1-3-5-14(24-16(20)11-10-15(19)22-4-2)17(21)23-13-8-6-12(18)7-9-13/h6-11,14,18H,3-5H2,1-2H3. The second-order valence-electron chi connectivity index (χ2n) is 4.71. The average Bonchev–Trinajstić information content (AvgIpc) is 2.55. The minimum Gasteiger partial charge on any atom is -0.508 e. The van der Waals surface area contributed by atoms with Crippen LogP contribution in [0.4, 0.5) is 0 Å². The fraction of sp³-hybridized carbons (Fsp3) is 0.353. The van der Waals surface area contributed by atoms with Gasteiger partial charge >= 0.3 is 17.9 Å². The fourth-order valence-corrected chi connectivity index (χ4v) is 1.69. The summed E-state index contributed by atoms with van der Waals surface area (Å²) in [4.78, 5) is 34.9. The molecule has 1 atom stereocenters. The summed E-state index contributed by atoms with van der Waals surface area (Å²) in [7, 11) is 0. The van der Waals surface area contributed by atoms with Crippen LogP contribution in [0.1, 0.15) is 26.7 Å². The molecule has 0 aliphatic heterocycles. The van der Waals surface area contributed by atoms with Gasteiger partial charge in [0, 0.05) is 12.2 Å². The third-order valence-corrected chi connectivity index (χ3v) is 2.77. The van der Waals surface area contributed by atoms with Gasteiger partial charge in [-0.2, -0.15) is 0 Å². The van der Waals surface area contributed by atoms with Crippen LogP contribution in [0.3, 0.4) is 0 Å². The summed E-state index contributed by atoms with van der Waals surface area (Å²) in [5.41, 5.74) is 0. The summed E-state index contributed by atoms with van der Waals surface area (Å²) in [6.07, 6.45) is 1.59. The highest BCUT2D eigenvalue weighted by Gasteiger charge is 2.23. The Morgan fingerprint density at radius 1 is 1.08 bits per heavy atom. The predicted molar refractivity (Wildman–Crippen MR) is 84.3 cm³/mol. The third-order valence-electron chi connectivity index (χ3n) is 2.77. The molecule has 0 heterocycles. The highest BCUT2D eigenvalue weighted by Crippen LogP contribution is 2.17. The molecule has 1 rings (SSSR count). The van der Waals surface area contributed by atoms with Gasteiger partial charge in [0.15, 0.2) is 6.10 Å². The maximum Gasteiger partial charge on any atom is 0.352 e. The van der Waals surface area contributed by atoms with Gasteiger partial charge in [-0.3, -0.25) is 0 Å². The minimum absolute atomic E-state index is 0.0374. The summed E-state index contributed by atoms with van der Waals surface area (Å²) in [6.45, 7) is 3.65. The molecule has 0 aliphatic rings. The molecule has 130 valence electrons. The third kappa shape index (κ3) is 6.95. The minimum atomic E-state index is -1.09. The lowest BCUT2D eigenvalue weighted by Crippen LogP contribution is -2.30. The lowest BCUT2D eigenvalue weighted by molar-refractivity contribution is -0.159. The van der Waals surface area contributed by atoms with Gasteiger partial charge in [-0.05, 0) is 37.6 Å². The number of benzene rings is 1. The molecular formula is C17H20O7. The number of ether oxygens (including phenoxy) is 3. The first-order chi connectivity index (χ1) is 11.5. The van der Waals surface area contributed by atoms with Crippen molar-refractivity contribution in [1.82, 2.24) is 0 Å². The van der Waals surface area contributed by atoms with Crippen LogP contribution >= 0.6 is 0 Å². The molecule has 0 radical (unpaired) electrons. The molecule has 7 nitrogen and oxygen atoms in total. The molecule has 0 fully saturated rings. The van der Waals surface area contributed by atoms with E-state index in [0.29, 0.717) is 6.42 Å². The SMILES string of the molecule is CCCC(OC(=O)C=CC(=O)OCC)C(=O)Oc1ccc(O)cc1. The summed E-state index contributed by atoms with van der Waals surface area (Å²) in [5.74, 6) is -2.00. The van der Waals surface area contributed by atoms with Crippen LogP contribution < -0.4 is 4.74 Å². The van der Waals surface area contributed by atoms with Crippen LogP contribution in [0.5, 0.6) is 11.5 Å². The van der Waals surface area contributed by atoms with Crippen molar-refractivity contribution in [2.45, 2.75) is 32.8 Å². The second kappa shape index (κ2) is 10.0. The Hall–Kier alpha value is -2.83. The maximum atomic E-state index is 12.1. The number of aromatic hydroxyl groups is 1. The van der Waals surface area contributed by atoms with Crippen molar-refractivity contribution in [1.29, 1.82) is 0 Å². The molecule has 0 bridgehead atoms. The Balaban J connectivity index is 2.64. The zero-order valence-corrected chi connectivity index (χ0v) is 13.6. The highest BCUT2D eigenvalue weighted by molar-refractivity contribution is 5.92. The summed E-state index contributed by atoms with van der Waals surface area (Å²) >= 11 is 0. The lowest BCUT2D eigenvalue weighted by Gasteiger charge is -2.15. The van der Waals surface area contributed by atoms with Gasteiger partial charge in [0.05, 0.1) is 6.61 Å². The van der Waals surface area contributed by atoms with Gasteiger partial charge in [-0.25, -0.2) is 14.4 Å². The van der Waals surface area contributed by atoms with Gasteiger partial charge in [0.1, 0.15) is 11.5 Å². The van der Waals surface area contributed by atoms with Crippen LogP contribution in [0.15, 0.2) is 36.4 Å². The van der Waals surface area contributed by atoms with Crippen LogP contribution in [-0.2, 0) is 23.9 Å². The number of hydrogen-bond acceptors (Lipinski definition) is 7. The van der Waals surface area contributed by atoms with Crippen molar-refractivity contribution in [2.24, 2.45) is 0 Å². The van der Waals surface area contributed by atoms with E-state index in [1.807, 2.05) is 6.92 Å². The Bertz CT molecular complexity index is 589. The number of rotatable bonds is 8. The van der Waals surface area contributed by atoms with E-state index >= 15 is 0 Å². The van der Waals surface area contributed by atoms with Crippen LogP contribution in [0.2, 0.25) is 0 Å². The number of carbonyl (C=O) groups excluding carboxylic acids is 3. The van der Waals surface area contributed by atoms with Crippen molar-refractivity contribution in [3.63, 3.8) is 0 Å². The molecule has 1 aromatic rings. The molecule has 7 heteroatoms. The van der Waals surface area contributed by atoms with Crippen molar-refractivity contribution >= 4 is 17.9 Å². The van der Waals surface area contributed by atoms with Gasteiger partial charge in [-0.1, -0.05) is 13.3 Å². The number of esters is 3. The Morgan fingerprint density at radius 3 is 2.29 bits per heavy atom. The van der Waals surface area contributed by atoms with Crippen molar-refractivity contribution in [2.75, 3.05) is 6.61 Å². The van der Waals surface area contributed by atoms with Crippen molar-refractivity contribution in [3.05, 3.63) is 36.4 Å². The Labute approximate surface area is 139 Å². The first-order valence-electron chi connectivity index (χ1n) is 7.52. The zero-order chi connectivity index (χ0) is 17.9. The van der Waals surface area contributed by atoms with E-state index in [0.717, 1.165) is 12.2 Å². The van der Waals surface area contributed by atoms with Gasteiger partial charge in [-0.15, -0.1) is 0 Å². The van der Waals surface area contributed by atoms with E-state index in [9.17, 15) is 19.5 Å². The maximum absolute atomic E-state index is 12.1. The lowest BCUT2D eigenvalue weighted by atomic mass is 10.2. The van der Waals surface area contributed by atoms with E-state index in [-0.39, 0.29) is 24.5 Å². The zero-order valence-electron chi connectivity index (χ0n) is 13.6. The number of phenols is 1. The quantitative estimate of drug-likeness (QED) is 0.441. The Morgan fingerprint density at radius 2 is 1.71 bits per heavy atom. The number of carbonyl (C=O) groups is 3. The first kappa shape index (κ1) is 19.2. The predicted octanol–water partition coefficient (Wildman–Crippen LogP) is 2.13. The summed E-state index contributed by atoms with van der Waals surface area (Å²) in [5, 5.41) is 9.19. The topological polar surface area (TPSA) is 99.1 Å². The molecule has 0 spiro atoms. The monoisotopic (exact) mass is 336 g/mol. The number of hydrogen-bond donors (Lipinski definition) is 1. The van der Waals surface area contributed by atoms with E-state index < -0.39 is 24.0 Å². The van der Waals surface area contributed by atoms with E-state index in [2.05, 4.69) is 4.74 Å². The molecule has 0 saturated carbocycles. The van der Waals surface area contributed by atoms with Gasteiger partial charge < -0.3 is 19.3 Å². The molecule has 0 aliphatic carbocycles. The van der Waals surface area contributed by atoms with Crippen molar-refractivity contribution in [3.8, 4) is 11.5 Å². The van der Waals surface area contributed by atoms with Crippen LogP contribution in [0.25, 0.3) is 0 Å². The molecule has 1 N–H and O–H groups in total. The molecular weight excluding hydrogens is 316 g/mol. The van der Waals surface area contributed by atoms with Gasteiger partial charge in [0.2, 0.25) is 0 Å². The Kier molecular flexibility index (Phi) is 8.04. The van der Waals surface area contributed by atoms with E-state index in [1.165, 1.54) is 24.3 Å². The molecule has 0 saturated heterocycles. The van der Waals surface area contributed by atoms with E-state index in [4.69, 9.17) is 9.47 Å². The molecule has 24 heavy (non-hydrogen) atoms. The smallest absolute Gasteiger partial charge is 0.352 e. The molecule has 0 amide bonds. The largest absolute Gasteiger partial charge is 0.508 e. The van der Waals surface area contributed by atoms with Crippen LogP contribution in [-0.4, -0.2) is 35.7 Å². The molecule has 1 aromatic carbocycles. The van der Waals surface area contributed by atoms with Crippen molar-refractivity contribution < 1.29 is 33.7 Å². The molecule has 0 aromatic heterocycles. The van der Waals surface area contributed by atoms with E-state index in [1.54, 1.807) is 6.92 Å². The average molecular weight is 336 g/mol. The first-order valence-corrected chi connectivity index (χ1v) is 7.52. The normalized spacial score (nSPS) is 11.8. The summed E-state index contributed by atoms with van der Waals surface area (Å²) < 4.78 is 14.8.